The van der Waals surface area contributed by atoms with Gasteiger partial charge in [0.25, 0.3) is 0 Å². The third-order valence-corrected chi connectivity index (χ3v) is 2.49. The van der Waals surface area contributed by atoms with Crippen LogP contribution in [-0.4, -0.2) is 17.1 Å². The van der Waals surface area contributed by atoms with Gasteiger partial charge in [-0.2, -0.15) is 0 Å². The van der Waals surface area contributed by atoms with Crippen LogP contribution >= 0.6 is 0 Å². The zero-order chi connectivity index (χ0) is 14.5. The molecule has 2 amide bonds. The quantitative estimate of drug-likeness (QED) is 0.801. The van der Waals surface area contributed by atoms with E-state index in [1.165, 1.54) is 18.6 Å². The third-order valence-electron chi connectivity index (χ3n) is 2.49. The summed E-state index contributed by atoms with van der Waals surface area (Å²) >= 11 is 0. The van der Waals surface area contributed by atoms with Gasteiger partial charge in [0, 0.05) is 17.8 Å². The molecule has 0 unspecified atom stereocenters. The fraction of sp³-hybridized carbons (Fsp3) is 0.0769. The highest BCUT2D eigenvalue weighted by Gasteiger charge is 2.12. The van der Waals surface area contributed by atoms with E-state index in [9.17, 15) is 14.0 Å². The number of carboxylic acids is 1. The molecule has 6 nitrogen and oxygen atoms in total. The van der Waals surface area contributed by atoms with E-state index >= 15 is 0 Å². The number of urea groups is 1. The number of carbonyl (C=O) groups is 2. The fourth-order valence-corrected chi connectivity index (χ4v) is 1.52. The van der Waals surface area contributed by atoms with E-state index in [-0.39, 0.29) is 12.2 Å². The SMILES string of the molecule is O=C(NCc1ccoc1)Nc1ccc(F)c(C(=O)O)c1. The summed E-state index contributed by atoms with van der Waals surface area (Å²) in [6.07, 6.45) is 2.97. The van der Waals surface area contributed by atoms with Crippen LogP contribution in [-0.2, 0) is 6.54 Å². The first-order valence-corrected chi connectivity index (χ1v) is 5.65. The molecule has 104 valence electrons. The number of carboxylic acid groups (broad SMARTS) is 1. The number of hydrogen-bond donors (Lipinski definition) is 3. The van der Waals surface area contributed by atoms with E-state index in [1.807, 2.05) is 0 Å². The van der Waals surface area contributed by atoms with Crippen molar-refractivity contribution in [2.75, 3.05) is 5.32 Å². The van der Waals surface area contributed by atoms with E-state index in [0.717, 1.165) is 17.7 Å². The van der Waals surface area contributed by atoms with Gasteiger partial charge in [-0.1, -0.05) is 0 Å². The highest BCUT2D eigenvalue weighted by Crippen LogP contribution is 2.14. The third kappa shape index (κ3) is 3.35. The number of anilines is 1. The fourth-order valence-electron chi connectivity index (χ4n) is 1.52. The maximum Gasteiger partial charge on any atom is 0.338 e. The molecule has 0 atom stereocenters. The Hall–Kier alpha value is -2.83. The van der Waals surface area contributed by atoms with Crippen molar-refractivity contribution in [1.29, 1.82) is 0 Å². The van der Waals surface area contributed by atoms with Crippen LogP contribution in [0, 0.1) is 5.82 Å². The molecule has 1 heterocycles. The second kappa shape index (κ2) is 5.87. The van der Waals surface area contributed by atoms with Crippen LogP contribution in [0.15, 0.2) is 41.2 Å². The van der Waals surface area contributed by atoms with Gasteiger partial charge in [-0.25, -0.2) is 14.0 Å². The molecule has 2 rings (SSSR count). The molecule has 0 saturated carbocycles. The molecule has 0 fully saturated rings. The average molecular weight is 278 g/mol. The smallest absolute Gasteiger partial charge is 0.338 e. The van der Waals surface area contributed by atoms with Crippen molar-refractivity contribution < 1.29 is 23.5 Å². The predicted molar refractivity (Wildman–Crippen MR) is 67.9 cm³/mol. The zero-order valence-electron chi connectivity index (χ0n) is 10.2. The van der Waals surface area contributed by atoms with Crippen LogP contribution in [0.3, 0.4) is 0 Å². The van der Waals surface area contributed by atoms with Crippen LogP contribution < -0.4 is 10.6 Å². The molecule has 1 aromatic heterocycles. The summed E-state index contributed by atoms with van der Waals surface area (Å²) in [6.45, 7) is 0.259. The zero-order valence-corrected chi connectivity index (χ0v) is 10.2. The molecular weight excluding hydrogens is 267 g/mol. The van der Waals surface area contributed by atoms with Crippen LogP contribution in [0.25, 0.3) is 0 Å². The molecule has 20 heavy (non-hydrogen) atoms. The summed E-state index contributed by atoms with van der Waals surface area (Å²) in [5.41, 5.74) is 0.469. The molecule has 0 spiro atoms. The van der Waals surface area contributed by atoms with Gasteiger partial charge in [0.05, 0.1) is 18.1 Å². The van der Waals surface area contributed by atoms with Crippen molar-refractivity contribution in [3.05, 3.63) is 53.7 Å². The Kier molecular flexibility index (Phi) is 3.99. The number of nitrogens with one attached hydrogen (secondary N) is 2. The maximum atomic E-state index is 13.2. The Labute approximate surface area is 113 Å². The Morgan fingerprint density at radius 3 is 2.75 bits per heavy atom. The summed E-state index contributed by atoms with van der Waals surface area (Å²) in [6, 6.07) is 4.47. The summed E-state index contributed by atoms with van der Waals surface area (Å²) in [4.78, 5) is 22.3. The van der Waals surface area contributed by atoms with Gasteiger partial charge in [-0.15, -0.1) is 0 Å². The molecule has 0 aliphatic carbocycles. The number of aromatic carboxylic acids is 1. The second-order valence-electron chi connectivity index (χ2n) is 3.94. The predicted octanol–water partition coefficient (Wildman–Crippen LogP) is 2.44. The monoisotopic (exact) mass is 278 g/mol. The minimum Gasteiger partial charge on any atom is -0.478 e. The number of halogens is 1. The summed E-state index contributed by atoms with van der Waals surface area (Å²) < 4.78 is 18.0. The first kappa shape index (κ1) is 13.6. The lowest BCUT2D eigenvalue weighted by molar-refractivity contribution is 0.0692. The van der Waals surface area contributed by atoms with E-state index in [0.29, 0.717) is 0 Å². The molecule has 0 aliphatic heterocycles. The lowest BCUT2D eigenvalue weighted by Gasteiger charge is -2.07. The van der Waals surface area contributed by atoms with Gasteiger partial charge >= 0.3 is 12.0 Å². The number of furan rings is 1. The molecule has 3 N–H and O–H groups in total. The average Bonchev–Trinajstić information content (AvgIpc) is 2.91. The lowest BCUT2D eigenvalue weighted by Crippen LogP contribution is -2.28. The Bertz CT molecular complexity index is 625. The molecule has 1 aromatic carbocycles. The molecule has 0 saturated heterocycles. The topological polar surface area (TPSA) is 91.6 Å². The highest BCUT2D eigenvalue weighted by atomic mass is 19.1. The van der Waals surface area contributed by atoms with Gasteiger partial charge in [0.15, 0.2) is 0 Å². The number of hydrogen-bond acceptors (Lipinski definition) is 3. The van der Waals surface area contributed by atoms with Crippen molar-refractivity contribution in [2.45, 2.75) is 6.54 Å². The van der Waals surface area contributed by atoms with Crippen LogP contribution in [0.1, 0.15) is 15.9 Å². The number of benzene rings is 1. The summed E-state index contributed by atoms with van der Waals surface area (Å²) in [5, 5.41) is 13.7. The number of amides is 2. The molecule has 7 heteroatoms. The van der Waals surface area contributed by atoms with Crippen LogP contribution in [0.5, 0.6) is 0 Å². The van der Waals surface area contributed by atoms with Crippen molar-refractivity contribution in [1.82, 2.24) is 5.32 Å². The van der Waals surface area contributed by atoms with Gasteiger partial charge < -0.3 is 20.2 Å². The van der Waals surface area contributed by atoms with Crippen molar-refractivity contribution in [3.8, 4) is 0 Å². The minimum absolute atomic E-state index is 0.188. The first-order valence-electron chi connectivity index (χ1n) is 5.65. The largest absolute Gasteiger partial charge is 0.478 e. The molecule has 2 aromatic rings. The normalized spacial score (nSPS) is 10.1. The van der Waals surface area contributed by atoms with E-state index in [2.05, 4.69) is 10.6 Å². The molecule has 0 aliphatic rings. The Morgan fingerprint density at radius 2 is 2.10 bits per heavy atom. The van der Waals surface area contributed by atoms with E-state index in [1.54, 1.807) is 6.07 Å². The standard InChI is InChI=1S/C13H11FN2O4/c14-11-2-1-9(5-10(11)12(17)18)16-13(19)15-6-8-3-4-20-7-8/h1-5,7H,6H2,(H,17,18)(H2,15,16,19). The Morgan fingerprint density at radius 1 is 1.30 bits per heavy atom. The first-order chi connectivity index (χ1) is 9.56. The molecule has 0 bridgehead atoms. The van der Waals surface area contributed by atoms with Gasteiger partial charge in [-0.3, -0.25) is 0 Å². The van der Waals surface area contributed by atoms with Crippen LogP contribution in [0.2, 0.25) is 0 Å². The van der Waals surface area contributed by atoms with Crippen LogP contribution in [0.4, 0.5) is 14.9 Å². The van der Waals surface area contributed by atoms with Gasteiger partial charge in [-0.05, 0) is 24.3 Å². The molecule has 0 radical (unpaired) electrons. The number of rotatable bonds is 4. The molecular formula is C13H11FN2O4. The van der Waals surface area contributed by atoms with Crippen molar-refractivity contribution >= 4 is 17.7 Å². The van der Waals surface area contributed by atoms with Crippen molar-refractivity contribution in [2.24, 2.45) is 0 Å². The lowest BCUT2D eigenvalue weighted by atomic mass is 10.2. The Balaban J connectivity index is 1.97. The highest BCUT2D eigenvalue weighted by molar-refractivity contribution is 5.93. The minimum atomic E-state index is -1.40. The van der Waals surface area contributed by atoms with Gasteiger partial charge in [0.2, 0.25) is 0 Å². The summed E-state index contributed by atoms with van der Waals surface area (Å²) in [5.74, 6) is -2.26. The van der Waals surface area contributed by atoms with Gasteiger partial charge in [0.1, 0.15) is 5.82 Å². The van der Waals surface area contributed by atoms with E-state index in [4.69, 9.17) is 9.52 Å². The summed E-state index contributed by atoms with van der Waals surface area (Å²) in [7, 11) is 0. The second-order valence-corrected chi connectivity index (χ2v) is 3.94. The van der Waals surface area contributed by atoms with E-state index < -0.39 is 23.4 Å². The maximum absolute atomic E-state index is 13.2. The van der Waals surface area contributed by atoms with Crippen molar-refractivity contribution in [3.63, 3.8) is 0 Å². The number of carbonyl (C=O) groups excluding carboxylic acids is 1.